The number of hydrogen-bond donors (Lipinski definition) is 2. The Kier molecular flexibility index (Phi) is 21.5. The van der Waals surface area contributed by atoms with Gasteiger partial charge < -0.3 is 24.6 Å². The fourth-order valence-corrected chi connectivity index (χ4v) is 0.376. The molecular weight excluding hydrogens is 260 g/mol. The molecule has 0 aliphatic carbocycles. The molecule has 1 fully saturated rings. The van der Waals surface area contributed by atoms with Gasteiger partial charge in [0.25, 0.3) is 0 Å². The van der Waals surface area contributed by atoms with E-state index in [1.807, 2.05) is 5.32 Å². The Morgan fingerprint density at radius 1 is 1.07 bits per heavy atom. The van der Waals surface area contributed by atoms with Crippen LogP contribution in [-0.4, -0.2) is 18.5 Å². The second-order valence-electron chi connectivity index (χ2n) is 1.68. The van der Waals surface area contributed by atoms with E-state index in [-0.39, 0.29) is 101 Å². The normalized spacial score (nSPS) is 12.7. The second-order valence-corrected chi connectivity index (χ2v) is 2.57. The van der Waals surface area contributed by atoms with Crippen LogP contribution in [0, 0.1) is 0 Å². The molecule has 2 N–H and O–H groups in total. The first-order chi connectivity index (χ1) is 5.29. The van der Waals surface area contributed by atoms with E-state index in [0.29, 0.717) is 0 Å². The molecule has 3 amide bonds. The number of rotatable bonds is 0. The van der Waals surface area contributed by atoms with E-state index in [2.05, 4.69) is 5.32 Å². The van der Waals surface area contributed by atoms with Gasteiger partial charge in [-0.1, -0.05) is 0 Å². The summed E-state index contributed by atoms with van der Waals surface area (Å²) < 4.78 is 8.55. The molecule has 0 radical (unpaired) electrons. The number of hydrogen-bond acceptors (Lipinski definition) is 6. The first-order valence-electron chi connectivity index (χ1n) is 2.60. The summed E-state index contributed by atoms with van der Waals surface area (Å²) in [6.07, 6.45) is 0. The van der Waals surface area contributed by atoms with E-state index in [1.165, 1.54) is 0 Å². The number of urea groups is 1. The number of carbonyl (C=O) groups is 2. The van der Waals surface area contributed by atoms with Crippen molar-refractivity contribution in [3.63, 3.8) is 0 Å². The van der Waals surface area contributed by atoms with Crippen LogP contribution in [0.2, 0.25) is 0 Å². The zero-order chi connectivity index (χ0) is 9.78. The standard InChI is InChI=1S/C3H4N2O2.3Na.H3O4P/c6-2-1-4-3(7)5-2;;;;1-5(2,3)4/h1H2,(H2,4,5,6,7);;;;(H3,1,2,3,4)/q;3*+1;/p-3. The Balaban J connectivity index is -0.0000000701. The molecule has 70 valence electrons. The summed E-state index contributed by atoms with van der Waals surface area (Å²) in [6.45, 7) is 0.124. The maximum atomic E-state index is 10.1. The van der Waals surface area contributed by atoms with Crippen LogP contribution in [0.5, 0.6) is 0 Å². The van der Waals surface area contributed by atoms with Crippen LogP contribution in [-0.2, 0) is 9.36 Å². The van der Waals surface area contributed by atoms with Crippen LogP contribution < -0.4 is 114 Å². The van der Waals surface area contributed by atoms with Gasteiger partial charge in [-0.2, -0.15) is 7.82 Å². The third-order valence-corrected chi connectivity index (χ3v) is 0.662. The van der Waals surface area contributed by atoms with Crippen LogP contribution in [0.15, 0.2) is 0 Å². The topological polar surface area (TPSA) is 144 Å². The smallest absolute Gasteiger partial charge is 0.822 e. The van der Waals surface area contributed by atoms with Crippen LogP contribution in [0.4, 0.5) is 4.79 Å². The number of nitrogens with one attached hydrogen (secondary N) is 2. The van der Waals surface area contributed by atoms with E-state index in [9.17, 15) is 9.59 Å². The molecule has 0 aromatic rings. The van der Waals surface area contributed by atoms with Crippen molar-refractivity contribution in [2.75, 3.05) is 6.54 Å². The van der Waals surface area contributed by atoms with Crippen molar-refractivity contribution in [3.05, 3.63) is 0 Å². The van der Waals surface area contributed by atoms with Crippen LogP contribution in [0.3, 0.4) is 0 Å². The summed E-state index contributed by atoms with van der Waals surface area (Å²) in [5.41, 5.74) is 0. The fraction of sp³-hybridized carbons (Fsp3) is 0.333. The predicted octanol–water partition coefficient (Wildman–Crippen LogP) is -13.0. The molecule has 0 aromatic heterocycles. The van der Waals surface area contributed by atoms with Crippen molar-refractivity contribution in [3.8, 4) is 0 Å². The second kappa shape index (κ2) is 12.5. The Bertz CT molecular complexity index is 222. The summed E-state index contributed by atoms with van der Waals surface area (Å²) in [7, 11) is -5.39. The first-order valence-corrected chi connectivity index (χ1v) is 4.06. The third-order valence-electron chi connectivity index (χ3n) is 0.662. The summed E-state index contributed by atoms with van der Waals surface area (Å²) >= 11 is 0. The molecule has 1 rings (SSSR count). The van der Waals surface area contributed by atoms with Gasteiger partial charge in [0.1, 0.15) is 0 Å². The fourth-order valence-electron chi connectivity index (χ4n) is 0.376. The Labute approximate surface area is 152 Å². The van der Waals surface area contributed by atoms with E-state index >= 15 is 0 Å². The summed E-state index contributed by atoms with van der Waals surface area (Å²) in [5.74, 6) is -0.259. The summed E-state index contributed by atoms with van der Waals surface area (Å²) in [4.78, 5) is 45.7. The summed E-state index contributed by atoms with van der Waals surface area (Å²) in [6, 6.07) is -0.398. The van der Waals surface area contributed by atoms with Crippen molar-refractivity contribution in [1.29, 1.82) is 0 Å². The van der Waals surface area contributed by atoms with Gasteiger partial charge in [0, 0.05) is 0 Å². The molecule has 0 bridgehead atoms. The zero-order valence-electron chi connectivity index (χ0n) is 8.60. The number of imide groups is 1. The third kappa shape index (κ3) is 25.9. The summed E-state index contributed by atoms with van der Waals surface area (Å²) in [5, 5.41) is 4.30. The SMILES string of the molecule is O=C1CNC(=O)N1.O=P([O-])([O-])[O-].[Na+].[Na+].[Na+]. The quantitative estimate of drug-likeness (QED) is 0.252. The molecule has 0 spiro atoms. The Hall–Kier alpha value is 2.05. The number of carbonyl (C=O) groups excluding carboxylic acids is 2. The molecule has 0 aromatic carbocycles. The van der Waals surface area contributed by atoms with Crippen molar-refractivity contribution >= 4 is 19.8 Å². The predicted molar refractivity (Wildman–Crippen MR) is 29.1 cm³/mol. The van der Waals surface area contributed by atoms with Crippen molar-refractivity contribution < 1.29 is 118 Å². The average molecular weight is 264 g/mol. The molecule has 15 heavy (non-hydrogen) atoms. The Morgan fingerprint density at radius 2 is 1.40 bits per heavy atom. The molecule has 1 saturated heterocycles. The molecular formula is C3H4N2Na3O6P. The van der Waals surface area contributed by atoms with Crippen molar-refractivity contribution in [1.82, 2.24) is 10.6 Å². The zero-order valence-corrected chi connectivity index (χ0v) is 15.5. The van der Waals surface area contributed by atoms with Gasteiger partial charge in [-0.05, 0) is 0 Å². The minimum absolute atomic E-state index is 0. The van der Waals surface area contributed by atoms with Gasteiger partial charge in [0.15, 0.2) is 0 Å². The van der Waals surface area contributed by atoms with E-state index < -0.39 is 13.9 Å². The van der Waals surface area contributed by atoms with Gasteiger partial charge in [-0.3, -0.25) is 10.1 Å². The van der Waals surface area contributed by atoms with Crippen molar-refractivity contribution in [2.45, 2.75) is 0 Å². The number of phosphoric acid groups is 1. The molecule has 1 heterocycles. The molecule has 1 aliphatic rings. The molecule has 0 atom stereocenters. The molecule has 12 heteroatoms. The van der Waals surface area contributed by atoms with Gasteiger partial charge in [-0.25, -0.2) is 4.79 Å². The molecule has 0 saturated carbocycles. The maximum Gasteiger partial charge on any atom is 1.00 e. The van der Waals surface area contributed by atoms with Gasteiger partial charge in [0.2, 0.25) is 5.91 Å². The molecule has 0 unspecified atom stereocenters. The van der Waals surface area contributed by atoms with Gasteiger partial charge in [-0.15, -0.1) is 0 Å². The average Bonchev–Trinajstić information content (AvgIpc) is 2.09. The number of amides is 3. The first kappa shape index (κ1) is 25.8. The maximum absolute atomic E-state index is 10.1. The van der Waals surface area contributed by atoms with E-state index in [4.69, 9.17) is 19.2 Å². The molecule has 1 aliphatic heterocycles. The van der Waals surface area contributed by atoms with Crippen molar-refractivity contribution in [2.24, 2.45) is 0 Å². The monoisotopic (exact) mass is 264 g/mol. The van der Waals surface area contributed by atoms with E-state index in [0.717, 1.165) is 0 Å². The van der Waals surface area contributed by atoms with E-state index in [1.54, 1.807) is 0 Å². The molecule has 8 nitrogen and oxygen atoms in total. The van der Waals surface area contributed by atoms with Gasteiger partial charge in [0.05, 0.1) is 6.54 Å². The van der Waals surface area contributed by atoms with Gasteiger partial charge >= 0.3 is 94.7 Å². The minimum atomic E-state index is -5.39. The van der Waals surface area contributed by atoms with Crippen LogP contribution in [0.25, 0.3) is 0 Å². The van der Waals surface area contributed by atoms with Crippen LogP contribution in [0.1, 0.15) is 0 Å². The minimum Gasteiger partial charge on any atom is -0.822 e. The largest absolute Gasteiger partial charge is 1.00 e. The van der Waals surface area contributed by atoms with Crippen LogP contribution >= 0.6 is 7.82 Å². The Morgan fingerprint density at radius 3 is 1.47 bits per heavy atom.